The summed E-state index contributed by atoms with van der Waals surface area (Å²) in [6.45, 7) is 0. The molecule has 0 N–H and O–H groups in total. The number of oxazole rings is 1. The summed E-state index contributed by atoms with van der Waals surface area (Å²) in [5.41, 5.74) is 0.424. The largest absolute Gasteiger partial charge is 0.423 e. The third-order valence-corrected chi connectivity index (χ3v) is 8.30. The predicted molar refractivity (Wildman–Crippen MR) is 116 cm³/mol. The molecule has 0 amide bonds. The Morgan fingerprint density at radius 1 is 0.645 bits per heavy atom. The van der Waals surface area contributed by atoms with Gasteiger partial charge in [0, 0.05) is 15.6 Å². The molecular weight excluding hydrogens is 481 g/mol. The zero-order chi connectivity index (χ0) is 22.2. The van der Waals surface area contributed by atoms with E-state index in [0.29, 0.717) is 15.6 Å². The Labute approximate surface area is 188 Å². The average Bonchev–Trinajstić information content (AvgIpc) is 3.22. The van der Waals surface area contributed by atoms with Crippen LogP contribution in [0, 0.1) is 0 Å². The lowest BCUT2D eigenvalue weighted by molar-refractivity contribution is 0.445. The first-order chi connectivity index (χ1) is 14.7. The molecule has 0 saturated heterocycles. The van der Waals surface area contributed by atoms with Gasteiger partial charge in [-0.3, -0.25) is 0 Å². The molecule has 3 aromatic carbocycles. The number of aromatic nitrogens is 1. The minimum atomic E-state index is -4.37. The van der Waals surface area contributed by atoms with E-state index in [0.717, 1.165) is 0 Å². The molecule has 4 aromatic rings. The van der Waals surface area contributed by atoms with E-state index in [1.807, 2.05) is 0 Å². The minimum Gasteiger partial charge on any atom is -0.423 e. The molecule has 0 bridgehead atoms. The Morgan fingerprint density at radius 2 is 1.13 bits per heavy atom. The van der Waals surface area contributed by atoms with E-state index in [1.165, 1.54) is 48.5 Å². The second-order valence-corrected chi connectivity index (χ2v) is 11.0. The molecular formula is C21H13Cl2NO5S2. The zero-order valence-corrected chi connectivity index (χ0v) is 18.7. The number of sulfone groups is 2. The van der Waals surface area contributed by atoms with Crippen LogP contribution in [0.1, 0.15) is 0 Å². The summed E-state index contributed by atoms with van der Waals surface area (Å²) in [4.78, 5) is 3.72. The molecule has 158 valence electrons. The predicted octanol–water partition coefficient (Wildman–Crippen LogP) is 5.31. The zero-order valence-electron chi connectivity index (χ0n) is 15.6. The number of hydrogen-bond acceptors (Lipinski definition) is 6. The van der Waals surface area contributed by atoms with Crippen molar-refractivity contribution in [1.29, 1.82) is 0 Å². The summed E-state index contributed by atoms with van der Waals surface area (Å²) in [7, 11) is -8.71. The number of halogens is 2. The molecule has 1 aromatic heterocycles. The van der Waals surface area contributed by atoms with Crippen molar-refractivity contribution in [2.45, 2.75) is 19.9 Å². The van der Waals surface area contributed by atoms with E-state index < -0.39 is 29.8 Å². The maximum Gasteiger partial charge on any atom is 0.263 e. The molecule has 0 saturated carbocycles. The first-order valence-corrected chi connectivity index (χ1v) is 12.5. The number of nitrogens with zero attached hydrogens (tertiary/aromatic N) is 1. The van der Waals surface area contributed by atoms with Crippen LogP contribution in [0.2, 0.25) is 10.0 Å². The highest BCUT2D eigenvalue weighted by Crippen LogP contribution is 2.35. The van der Waals surface area contributed by atoms with Crippen molar-refractivity contribution in [2.75, 3.05) is 0 Å². The smallest absolute Gasteiger partial charge is 0.263 e. The van der Waals surface area contributed by atoms with E-state index >= 15 is 0 Å². The molecule has 4 rings (SSSR count). The normalized spacial score (nSPS) is 12.1. The van der Waals surface area contributed by atoms with Crippen LogP contribution in [0.5, 0.6) is 0 Å². The van der Waals surface area contributed by atoms with Gasteiger partial charge in [0.2, 0.25) is 30.6 Å². The highest BCUT2D eigenvalue weighted by atomic mass is 35.5. The van der Waals surface area contributed by atoms with Gasteiger partial charge in [0.1, 0.15) is 0 Å². The van der Waals surface area contributed by atoms with Gasteiger partial charge in [-0.05, 0) is 60.7 Å². The van der Waals surface area contributed by atoms with Crippen molar-refractivity contribution >= 4 is 42.9 Å². The summed E-state index contributed by atoms with van der Waals surface area (Å²) >= 11 is 11.7. The summed E-state index contributed by atoms with van der Waals surface area (Å²) in [5, 5.41) is -0.819. The minimum absolute atomic E-state index is 0.138. The van der Waals surface area contributed by atoms with Crippen molar-refractivity contribution in [3.63, 3.8) is 0 Å². The van der Waals surface area contributed by atoms with Crippen LogP contribution >= 0.6 is 23.2 Å². The van der Waals surface area contributed by atoms with Crippen molar-refractivity contribution < 1.29 is 21.3 Å². The standard InChI is InChI=1S/C21H13Cl2NO5S2/c22-15-6-10-17(11-7-15)30(25,26)20-21(29-19(24-20)14-4-2-1-3-5-14)31(27,28)18-12-8-16(23)9-13-18/h1-13H. The van der Waals surface area contributed by atoms with Gasteiger partial charge in [0.25, 0.3) is 5.09 Å². The van der Waals surface area contributed by atoms with Gasteiger partial charge in [0.15, 0.2) is 0 Å². The Hall–Kier alpha value is -2.65. The van der Waals surface area contributed by atoms with E-state index in [4.69, 9.17) is 27.6 Å². The third kappa shape index (κ3) is 4.12. The summed E-state index contributed by atoms with van der Waals surface area (Å²) in [6, 6.07) is 19.0. The van der Waals surface area contributed by atoms with Crippen LogP contribution in [-0.2, 0) is 19.7 Å². The van der Waals surface area contributed by atoms with Gasteiger partial charge in [0.05, 0.1) is 9.79 Å². The molecule has 0 radical (unpaired) electrons. The molecule has 0 aliphatic carbocycles. The van der Waals surface area contributed by atoms with E-state index in [2.05, 4.69) is 4.98 Å². The third-order valence-electron chi connectivity index (χ3n) is 4.33. The topological polar surface area (TPSA) is 94.3 Å². The molecule has 0 unspecified atom stereocenters. The van der Waals surface area contributed by atoms with Crippen molar-refractivity contribution in [3.05, 3.63) is 88.9 Å². The molecule has 6 nitrogen and oxygen atoms in total. The molecule has 31 heavy (non-hydrogen) atoms. The lowest BCUT2D eigenvalue weighted by Gasteiger charge is -2.05. The van der Waals surface area contributed by atoms with Gasteiger partial charge in [-0.25, -0.2) is 16.8 Å². The first-order valence-electron chi connectivity index (χ1n) is 8.77. The second kappa shape index (κ2) is 8.12. The molecule has 0 aliphatic heterocycles. The molecule has 0 atom stereocenters. The quantitative estimate of drug-likeness (QED) is 0.373. The number of hydrogen-bond donors (Lipinski definition) is 0. The number of benzene rings is 3. The van der Waals surface area contributed by atoms with Crippen molar-refractivity contribution in [1.82, 2.24) is 4.98 Å². The lowest BCUT2D eigenvalue weighted by Crippen LogP contribution is -2.10. The SMILES string of the molecule is O=S(=O)(c1ccc(Cl)cc1)c1nc(-c2ccccc2)oc1S(=O)(=O)c1ccc(Cl)cc1. The van der Waals surface area contributed by atoms with Crippen LogP contribution in [0.25, 0.3) is 11.5 Å². The van der Waals surface area contributed by atoms with E-state index in [-0.39, 0.29) is 15.7 Å². The monoisotopic (exact) mass is 493 g/mol. The van der Waals surface area contributed by atoms with Crippen LogP contribution < -0.4 is 0 Å². The highest BCUT2D eigenvalue weighted by Gasteiger charge is 2.36. The van der Waals surface area contributed by atoms with Crippen molar-refractivity contribution in [3.8, 4) is 11.5 Å². The van der Waals surface area contributed by atoms with Gasteiger partial charge in [-0.2, -0.15) is 4.98 Å². The Kier molecular flexibility index (Phi) is 5.65. The maximum atomic E-state index is 13.3. The van der Waals surface area contributed by atoms with Gasteiger partial charge < -0.3 is 4.42 Å². The summed E-state index contributed by atoms with van der Waals surface area (Å²) in [5.74, 6) is -0.138. The highest BCUT2D eigenvalue weighted by molar-refractivity contribution is 7.94. The molecule has 0 spiro atoms. The van der Waals surface area contributed by atoms with Gasteiger partial charge >= 0.3 is 0 Å². The fraction of sp³-hybridized carbons (Fsp3) is 0. The van der Waals surface area contributed by atoms with Crippen molar-refractivity contribution in [2.24, 2.45) is 0 Å². The van der Waals surface area contributed by atoms with Crippen LogP contribution in [-0.4, -0.2) is 21.8 Å². The Morgan fingerprint density at radius 3 is 1.65 bits per heavy atom. The molecule has 0 fully saturated rings. The fourth-order valence-corrected chi connectivity index (χ4v) is 6.05. The first kappa shape index (κ1) is 21.6. The van der Waals surface area contributed by atoms with Crippen LogP contribution in [0.3, 0.4) is 0 Å². The average molecular weight is 494 g/mol. The Balaban J connectivity index is 1.97. The second-order valence-electron chi connectivity index (χ2n) is 6.39. The summed E-state index contributed by atoms with van der Waals surface area (Å²) in [6.07, 6.45) is 0. The molecule has 0 aliphatic rings. The lowest BCUT2D eigenvalue weighted by atomic mass is 10.2. The van der Waals surface area contributed by atoms with Gasteiger partial charge in [-0.15, -0.1) is 0 Å². The number of rotatable bonds is 5. The molecule has 10 heteroatoms. The maximum absolute atomic E-state index is 13.3. The molecule has 1 heterocycles. The fourth-order valence-electron chi connectivity index (χ4n) is 2.78. The van der Waals surface area contributed by atoms with E-state index in [9.17, 15) is 16.8 Å². The van der Waals surface area contributed by atoms with E-state index in [1.54, 1.807) is 30.3 Å². The van der Waals surface area contributed by atoms with Crippen LogP contribution in [0.4, 0.5) is 0 Å². The van der Waals surface area contributed by atoms with Crippen LogP contribution in [0.15, 0.2) is 103 Å². The van der Waals surface area contributed by atoms with Gasteiger partial charge in [-0.1, -0.05) is 41.4 Å². The Bertz CT molecular complexity index is 1350. The summed E-state index contributed by atoms with van der Waals surface area (Å²) < 4.78 is 58.7.